The summed E-state index contributed by atoms with van der Waals surface area (Å²) in [6.07, 6.45) is 2.73. The Labute approximate surface area is 118 Å². The van der Waals surface area contributed by atoms with Gasteiger partial charge in [0, 0.05) is 35.0 Å². The molecule has 0 aliphatic carbocycles. The van der Waals surface area contributed by atoms with Crippen molar-refractivity contribution in [1.29, 1.82) is 0 Å². The predicted molar refractivity (Wildman–Crippen MR) is 78.0 cm³/mol. The molecule has 2 aromatic heterocycles. The summed E-state index contributed by atoms with van der Waals surface area (Å²) in [5, 5.41) is 0. The van der Waals surface area contributed by atoms with Crippen LogP contribution in [0.5, 0.6) is 0 Å². The molecule has 0 saturated carbocycles. The third-order valence-electron chi connectivity index (χ3n) is 2.30. The molecule has 2 heterocycles. The highest BCUT2D eigenvalue weighted by atomic mass is 33.1. The van der Waals surface area contributed by atoms with Crippen molar-refractivity contribution in [2.24, 2.45) is 0 Å². The molecule has 20 heavy (non-hydrogen) atoms. The summed E-state index contributed by atoms with van der Waals surface area (Å²) >= 11 is 0. The first kappa shape index (κ1) is 14.5. The van der Waals surface area contributed by atoms with Gasteiger partial charge in [0.15, 0.2) is 0 Å². The largest absolute Gasteiger partial charge is 0.325 e. The SMILES string of the molecule is O=c1[nH]cc(CSSCc2c[nH]c(=O)[nH]c2=O)c(=O)[nH]1. The minimum absolute atomic E-state index is 0.387. The lowest BCUT2D eigenvalue weighted by molar-refractivity contribution is 1.00. The fraction of sp³-hybridized carbons (Fsp3) is 0.200. The summed E-state index contributed by atoms with van der Waals surface area (Å²) in [5.41, 5.74) is -1.06. The second-order valence-corrected chi connectivity index (χ2v) is 6.18. The average Bonchev–Trinajstić information content (AvgIpc) is 2.39. The van der Waals surface area contributed by atoms with Crippen LogP contribution in [0.3, 0.4) is 0 Å². The Bertz CT molecular complexity index is 749. The van der Waals surface area contributed by atoms with Gasteiger partial charge in [-0.15, -0.1) is 0 Å². The zero-order valence-electron chi connectivity index (χ0n) is 10.0. The van der Waals surface area contributed by atoms with E-state index in [-0.39, 0.29) is 0 Å². The molecule has 106 valence electrons. The standard InChI is InChI=1S/C10H10N4O4S2/c15-7-5(1-11-9(17)13-7)3-19-20-4-6-2-12-10(18)14-8(6)16/h1-2H,3-4H2,(H2,11,13,15,17)(H2,12,14,16,18). The molecule has 4 N–H and O–H groups in total. The van der Waals surface area contributed by atoms with Crippen molar-refractivity contribution in [2.75, 3.05) is 0 Å². The second kappa shape index (κ2) is 6.48. The first-order chi connectivity index (χ1) is 9.56. The van der Waals surface area contributed by atoms with Gasteiger partial charge >= 0.3 is 11.4 Å². The van der Waals surface area contributed by atoms with Crippen molar-refractivity contribution >= 4 is 21.6 Å². The molecule has 0 atom stereocenters. The summed E-state index contributed by atoms with van der Waals surface area (Å²) in [7, 11) is 2.73. The molecule has 0 aliphatic rings. The highest BCUT2D eigenvalue weighted by Crippen LogP contribution is 2.26. The number of hydrogen-bond acceptors (Lipinski definition) is 6. The van der Waals surface area contributed by atoms with Crippen LogP contribution in [0.2, 0.25) is 0 Å². The van der Waals surface area contributed by atoms with E-state index in [4.69, 9.17) is 0 Å². The maximum atomic E-state index is 11.4. The Kier molecular flexibility index (Phi) is 4.69. The molecule has 2 aromatic rings. The van der Waals surface area contributed by atoms with Gasteiger partial charge in [0.05, 0.1) is 0 Å². The van der Waals surface area contributed by atoms with E-state index in [0.717, 1.165) is 0 Å². The molecule has 0 aliphatic heterocycles. The first-order valence-corrected chi connectivity index (χ1v) is 7.91. The van der Waals surface area contributed by atoms with Crippen molar-refractivity contribution < 1.29 is 0 Å². The van der Waals surface area contributed by atoms with Gasteiger partial charge in [-0.1, -0.05) is 21.6 Å². The Morgan fingerprint density at radius 2 is 1.15 bits per heavy atom. The lowest BCUT2D eigenvalue weighted by Gasteiger charge is -2.00. The maximum absolute atomic E-state index is 11.4. The van der Waals surface area contributed by atoms with Gasteiger partial charge in [0.1, 0.15) is 0 Å². The molecule has 0 saturated heterocycles. The van der Waals surface area contributed by atoms with E-state index in [0.29, 0.717) is 22.6 Å². The molecule has 0 aromatic carbocycles. The van der Waals surface area contributed by atoms with Crippen molar-refractivity contribution in [2.45, 2.75) is 11.5 Å². The van der Waals surface area contributed by atoms with Crippen LogP contribution in [-0.4, -0.2) is 19.9 Å². The van der Waals surface area contributed by atoms with Crippen LogP contribution < -0.4 is 22.5 Å². The van der Waals surface area contributed by atoms with Crippen LogP contribution in [0.15, 0.2) is 31.6 Å². The number of hydrogen-bond donors (Lipinski definition) is 4. The molecule has 10 heteroatoms. The zero-order chi connectivity index (χ0) is 14.5. The molecule has 0 unspecified atom stereocenters. The Morgan fingerprint density at radius 3 is 1.50 bits per heavy atom. The monoisotopic (exact) mass is 314 g/mol. The molecule has 0 spiro atoms. The van der Waals surface area contributed by atoms with E-state index in [1.54, 1.807) is 0 Å². The summed E-state index contributed by atoms with van der Waals surface area (Å²) in [5.74, 6) is 0.774. The fourth-order valence-electron chi connectivity index (χ4n) is 1.30. The van der Waals surface area contributed by atoms with Crippen LogP contribution in [-0.2, 0) is 11.5 Å². The van der Waals surface area contributed by atoms with Crippen molar-refractivity contribution in [3.63, 3.8) is 0 Å². The summed E-state index contributed by atoms with van der Waals surface area (Å²) in [4.78, 5) is 53.5. The number of nitrogens with one attached hydrogen (secondary N) is 4. The summed E-state index contributed by atoms with van der Waals surface area (Å²) in [6.45, 7) is 0. The number of aromatic nitrogens is 4. The highest BCUT2D eigenvalue weighted by molar-refractivity contribution is 8.76. The maximum Gasteiger partial charge on any atom is 0.325 e. The third-order valence-corrected chi connectivity index (χ3v) is 4.54. The molecule has 0 fully saturated rings. The van der Waals surface area contributed by atoms with Crippen molar-refractivity contribution in [1.82, 2.24) is 19.9 Å². The van der Waals surface area contributed by atoms with Crippen LogP contribution in [0, 0.1) is 0 Å². The Morgan fingerprint density at radius 1 is 0.750 bits per heavy atom. The Hall–Kier alpha value is -1.94. The number of H-pyrrole nitrogens is 4. The lowest BCUT2D eigenvalue weighted by atomic mass is 10.4. The molecule has 0 radical (unpaired) electrons. The van der Waals surface area contributed by atoms with Gasteiger partial charge in [-0.25, -0.2) is 9.59 Å². The minimum Gasteiger partial charge on any atom is -0.314 e. The minimum atomic E-state index is -0.545. The van der Waals surface area contributed by atoms with E-state index in [1.165, 1.54) is 34.0 Å². The first-order valence-electron chi connectivity index (χ1n) is 5.42. The quantitative estimate of drug-likeness (QED) is 0.435. The summed E-state index contributed by atoms with van der Waals surface area (Å²) in [6, 6.07) is 0. The van der Waals surface area contributed by atoms with E-state index in [1.807, 2.05) is 0 Å². The second-order valence-electron chi connectivity index (χ2n) is 3.72. The predicted octanol–water partition coefficient (Wildman–Crippen LogP) is -0.479. The fourth-order valence-corrected chi connectivity index (χ4v) is 3.41. The van der Waals surface area contributed by atoms with Gasteiger partial charge in [0.2, 0.25) is 0 Å². The Balaban J connectivity index is 1.90. The zero-order valence-corrected chi connectivity index (χ0v) is 11.7. The number of rotatable bonds is 5. The third kappa shape index (κ3) is 3.78. The van der Waals surface area contributed by atoms with Gasteiger partial charge < -0.3 is 9.97 Å². The molecule has 0 bridgehead atoms. The highest BCUT2D eigenvalue weighted by Gasteiger charge is 2.03. The van der Waals surface area contributed by atoms with Gasteiger partial charge in [-0.2, -0.15) is 0 Å². The molecule has 0 amide bonds. The summed E-state index contributed by atoms with van der Waals surface area (Å²) < 4.78 is 0. The van der Waals surface area contributed by atoms with Crippen LogP contribution in [0.4, 0.5) is 0 Å². The molecule has 8 nitrogen and oxygen atoms in total. The van der Waals surface area contributed by atoms with Crippen molar-refractivity contribution in [3.05, 3.63) is 65.2 Å². The average molecular weight is 314 g/mol. The van der Waals surface area contributed by atoms with Gasteiger partial charge in [0.25, 0.3) is 11.1 Å². The van der Waals surface area contributed by atoms with E-state index in [2.05, 4.69) is 19.9 Å². The van der Waals surface area contributed by atoms with E-state index < -0.39 is 22.5 Å². The molecular formula is C10H10N4O4S2. The van der Waals surface area contributed by atoms with Crippen LogP contribution in [0.1, 0.15) is 11.1 Å². The normalized spacial score (nSPS) is 10.6. The van der Waals surface area contributed by atoms with Crippen LogP contribution >= 0.6 is 21.6 Å². The van der Waals surface area contributed by atoms with Gasteiger partial charge in [-0.3, -0.25) is 19.6 Å². The van der Waals surface area contributed by atoms with Gasteiger partial charge in [-0.05, 0) is 0 Å². The van der Waals surface area contributed by atoms with Crippen LogP contribution in [0.25, 0.3) is 0 Å². The van der Waals surface area contributed by atoms with E-state index >= 15 is 0 Å². The molecular weight excluding hydrogens is 304 g/mol. The molecule has 2 rings (SSSR count). The number of aromatic amines is 4. The van der Waals surface area contributed by atoms with Crippen molar-refractivity contribution in [3.8, 4) is 0 Å². The van der Waals surface area contributed by atoms with E-state index in [9.17, 15) is 19.2 Å². The lowest BCUT2D eigenvalue weighted by Crippen LogP contribution is -2.24. The smallest absolute Gasteiger partial charge is 0.314 e. The topological polar surface area (TPSA) is 131 Å².